The molecule has 118 valence electrons. The monoisotopic (exact) mass is 307 g/mol. The first-order chi connectivity index (χ1) is 10.4. The maximum atomic E-state index is 13.8. The quantitative estimate of drug-likeness (QED) is 0.795. The van der Waals surface area contributed by atoms with Crippen molar-refractivity contribution >= 4 is 0 Å². The summed E-state index contributed by atoms with van der Waals surface area (Å²) in [6.07, 6.45) is 2.99. The molecule has 0 fully saturated rings. The highest BCUT2D eigenvalue weighted by atomic mass is 19.1. The molecular formula is C17H19F2NO2. The van der Waals surface area contributed by atoms with E-state index in [1.165, 1.54) is 18.2 Å². The molecule has 2 aromatic rings. The van der Waals surface area contributed by atoms with Crippen molar-refractivity contribution in [3.8, 4) is 0 Å². The van der Waals surface area contributed by atoms with Gasteiger partial charge in [0.05, 0.1) is 18.4 Å². The molecule has 5 heteroatoms. The summed E-state index contributed by atoms with van der Waals surface area (Å²) in [5, 5.41) is 10.2. The fourth-order valence-electron chi connectivity index (χ4n) is 2.20. The molecule has 3 nitrogen and oxygen atoms in total. The van der Waals surface area contributed by atoms with Gasteiger partial charge in [-0.25, -0.2) is 8.78 Å². The second-order valence-corrected chi connectivity index (χ2v) is 5.52. The molecule has 0 aliphatic rings. The topological polar surface area (TPSA) is 36.6 Å². The smallest absolute Gasteiger partial charge is 0.130 e. The zero-order valence-corrected chi connectivity index (χ0v) is 12.4. The fraction of sp³-hybridized carbons (Fsp3) is 0.294. The van der Waals surface area contributed by atoms with Crippen molar-refractivity contribution in [3.63, 3.8) is 0 Å². The van der Waals surface area contributed by atoms with E-state index in [-0.39, 0.29) is 13.1 Å². The molecule has 1 aromatic heterocycles. The minimum absolute atomic E-state index is 0.219. The number of hydrogen-bond acceptors (Lipinski definition) is 3. The summed E-state index contributed by atoms with van der Waals surface area (Å²) in [7, 11) is 0. The third-order valence-corrected chi connectivity index (χ3v) is 3.35. The van der Waals surface area contributed by atoms with Gasteiger partial charge in [0.15, 0.2) is 0 Å². The summed E-state index contributed by atoms with van der Waals surface area (Å²) in [5.74, 6) is -0.526. The third kappa shape index (κ3) is 4.51. The second kappa shape index (κ2) is 6.85. The Balaban J connectivity index is 2.17. The summed E-state index contributed by atoms with van der Waals surface area (Å²) in [4.78, 5) is 1.82. The number of benzene rings is 1. The molecule has 1 atom stereocenters. The van der Waals surface area contributed by atoms with E-state index in [4.69, 9.17) is 4.42 Å². The molecule has 0 spiro atoms. The molecule has 0 amide bonds. The maximum absolute atomic E-state index is 13.8. The van der Waals surface area contributed by atoms with E-state index >= 15 is 0 Å². The zero-order valence-electron chi connectivity index (χ0n) is 12.4. The van der Waals surface area contributed by atoms with Crippen molar-refractivity contribution in [2.45, 2.75) is 25.6 Å². The molecule has 0 aliphatic heterocycles. The number of nitrogens with zero attached hydrogens (tertiary/aromatic N) is 1. The van der Waals surface area contributed by atoms with Crippen LogP contribution in [0.1, 0.15) is 18.2 Å². The van der Waals surface area contributed by atoms with Crippen molar-refractivity contribution in [3.05, 3.63) is 72.2 Å². The lowest BCUT2D eigenvalue weighted by Crippen LogP contribution is -2.38. The molecule has 0 aliphatic carbocycles. The van der Waals surface area contributed by atoms with Crippen LogP contribution in [0.2, 0.25) is 0 Å². The second-order valence-electron chi connectivity index (χ2n) is 5.52. The fourth-order valence-corrected chi connectivity index (χ4v) is 2.20. The van der Waals surface area contributed by atoms with Crippen LogP contribution < -0.4 is 0 Å². The Kier molecular flexibility index (Phi) is 5.11. The van der Waals surface area contributed by atoms with Crippen molar-refractivity contribution in [1.82, 2.24) is 4.90 Å². The maximum Gasteiger partial charge on any atom is 0.130 e. The van der Waals surface area contributed by atoms with Crippen molar-refractivity contribution in [2.75, 3.05) is 6.54 Å². The molecule has 22 heavy (non-hydrogen) atoms. The highest BCUT2D eigenvalue weighted by Crippen LogP contribution is 2.18. The third-order valence-electron chi connectivity index (χ3n) is 3.35. The number of aliphatic hydroxyl groups is 1. The molecule has 1 N–H and O–H groups in total. The van der Waals surface area contributed by atoms with Gasteiger partial charge in [0, 0.05) is 24.7 Å². The first-order valence-electron chi connectivity index (χ1n) is 6.94. The van der Waals surface area contributed by atoms with E-state index in [9.17, 15) is 13.9 Å². The van der Waals surface area contributed by atoms with Gasteiger partial charge in [0.2, 0.25) is 0 Å². The number of hydrogen-bond donors (Lipinski definition) is 1. The van der Waals surface area contributed by atoms with Gasteiger partial charge < -0.3 is 9.52 Å². The molecule has 1 aromatic carbocycles. The van der Waals surface area contributed by atoms with Crippen LogP contribution in [0.3, 0.4) is 0 Å². The van der Waals surface area contributed by atoms with Gasteiger partial charge in [0.1, 0.15) is 17.4 Å². The molecule has 1 unspecified atom stereocenters. The van der Waals surface area contributed by atoms with Crippen molar-refractivity contribution in [1.29, 1.82) is 0 Å². The normalized spacial score (nSPS) is 14.0. The molecule has 2 rings (SSSR count). The minimum atomic E-state index is -1.12. The molecule has 1 heterocycles. The van der Waals surface area contributed by atoms with E-state index in [0.29, 0.717) is 17.9 Å². The van der Waals surface area contributed by atoms with Gasteiger partial charge in [-0.3, -0.25) is 4.90 Å². The first kappa shape index (κ1) is 16.4. The highest BCUT2D eigenvalue weighted by Gasteiger charge is 2.22. The van der Waals surface area contributed by atoms with Crippen LogP contribution in [0.15, 0.2) is 53.7 Å². The van der Waals surface area contributed by atoms with Crippen LogP contribution in [0.25, 0.3) is 0 Å². The lowest BCUT2D eigenvalue weighted by atomic mass is 10.1. The largest absolute Gasteiger partial charge is 0.468 e. The summed E-state index contributed by atoms with van der Waals surface area (Å²) < 4.78 is 32.1. The van der Waals surface area contributed by atoms with Gasteiger partial charge in [-0.1, -0.05) is 12.1 Å². The summed E-state index contributed by atoms with van der Waals surface area (Å²) >= 11 is 0. The molecule has 0 saturated heterocycles. The first-order valence-corrected chi connectivity index (χ1v) is 6.94. The Bertz CT molecular complexity index is 624. The Morgan fingerprint density at radius 3 is 2.68 bits per heavy atom. The lowest BCUT2D eigenvalue weighted by Gasteiger charge is -2.29. The van der Waals surface area contributed by atoms with Crippen LogP contribution in [0.5, 0.6) is 0 Å². The van der Waals surface area contributed by atoms with Gasteiger partial charge in [0.25, 0.3) is 0 Å². The summed E-state index contributed by atoms with van der Waals surface area (Å²) in [6, 6.07) is 7.04. The Morgan fingerprint density at radius 1 is 1.32 bits per heavy atom. The van der Waals surface area contributed by atoms with E-state index in [2.05, 4.69) is 6.58 Å². The lowest BCUT2D eigenvalue weighted by molar-refractivity contribution is 0.0524. The van der Waals surface area contributed by atoms with Crippen molar-refractivity contribution < 1.29 is 18.3 Å². The van der Waals surface area contributed by atoms with E-state index in [1.54, 1.807) is 25.3 Å². The van der Waals surface area contributed by atoms with Gasteiger partial charge >= 0.3 is 0 Å². The standard InChI is InChI=1S/C17H19F2NO2/c1-3-17(2,21)12-20(11-15-5-4-8-22-15)10-13-6-7-14(18)9-16(13)19/h3-9,21H,1,10-12H2,2H3. The van der Waals surface area contributed by atoms with Crippen LogP contribution in [0.4, 0.5) is 8.78 Å². The van der Waals surface area contributed by atoms with Crippen LogP contribution in [0, 0.1) is 11.6 Å². The Hall–Kier alpha value is -1.98. The van der Waals surface area contributed by atoms with Crippen molar-refractivity contribution in [2.24, 2.45) is 0 Å². The summed E-state index contributed by atoms with van der Waals surface area (Å²) in [6.45, 7) is 6.08. The van der Waals surface area contributed by atoms with Gasteiger partial charge in [-0.05, 0) is 25.1 Å². The number of halogens is 2. The molecular weight excluding hydrogens is 288 g/mol. The average molecular weight is 307 g/mol. The van der Waals surface area contributed by atoms with E-state index < -0.39 is 17.2 Å². The minimum Gasteiger partial charge on any atom is -0.468 e. The highest BCUT2D eigenvalue weighted by molar-refractivity contribution is 5.18. The molecule has 0 radical (unpaired) electrons. The Labute approximate surface area is 128 Å². The van der Waals surface area contributed by atoms with Gasteiger partial charge in [-0.15, -0.1) is 6.58 Å². The predicted molar refractivity (Wildman–Crippen MR) is 80.0 cm³/mol. The SMILES string of the molecule is C=CC(C)(O)CN(Cc1ccco1)Cc1ccc(F)cc1F. The average Bonchev–Trinajstić information content (AvgIpc) is 2.94. The number of rotatable bonds is 7. The van der Waals surface area contributed by atoms with Crippen LogP contribution in [-0.4, -0.2) is 22.2 Å². The van der Waals surface area contributed by atoms with E-state index in [1.807, 2.05) is 4.90 Å². The molecule has 0 saturated carbocycles. The predicted octanol–water partition coefficient (Wildman–Crippen LogP) is 3.50. The van der Waals surface area contributed by atoms with Crippen LogP contribution >= 0.6 is 0 Å². The van der Waals surface area contributed by atoms with Crippen LogP contribution in [-0.2, 0) is 13.1 Å². The number of furan rings is 1. The summed E-state index contributed by atoms with van der Waals surface area (Å²) in [5.41, 5.74) is -0.767. The zero-order chi connectivity index (χ0) is 16.2. The molecule has 0 bridgehead atoms. The Morgan fingerprint density at radius 2 is 2.09 bits per heavy atom. The van der Waals surface area contributed by atoms with Gasteiger partial charge in [-0.2, -0.15) is 0 Å². The van der Waals surface area contributed by atoms with E-state index in [0.717, 1.165) is 6.07 Å².